The van der Waals surface area contributed by atoms with Crippen molar-refractivity contribution in [2.75, 3.05) is 5.73 Å². The summed E-state index contributed by atoms with van der Waals surface area (Å²) in [6, 6.07) is 4.11. The van der Waals surface area contributed by atoms with Gasteiger partial charge in [-0.25, -0.2) is 0 Å². The summed E-state index contributed by atoms with van der Waals surface area (Å²) < 4.78 is 0. The molecule has 0 saturated carbocycles. The highest BCUT2D eigenvalue weighted by Gasteiger charge is 2.16. The molecule has 0 atom stereocenters. The molecule has 1 aromatic heterocycles. The van der Waals surface area contributed by atoms with Gasteiger partial charge in [-0.1, -0.05) is 0 Å². The van der Waals surface area contributed by atoms with Crippen LogP contribution in [-0.4, -0.2) is 4.98 Å². The van der Waals surface area contributed by atoms with E-state index in [1.165, 1.54) is 53.4 Å². The summed E-state index contributed by atoms with van der Waals surface area (Å²) in [6.07, 6.45) is 5.03. The van der Waals surface area contributed by atoms with Crippen LogP contribution >= 0.6 is 0 Å². The maximum Gasteiger partial charge on any atom is 0.0463 e. The van der Waals surface area contributed by atoms with E-state index in [4.69, 9.17) is 5.73 Å². The van der Waals surface area contributed by atoms with E-state index in [1.807, 2.05) is 6.07 Å². The molecule has 0 spiro atoms. The zero-order valence-corrected chi connectivity index (χ0v) is 9.06. The number of aromatic amines is 1. The predicted octanol–water partition coefficient (Wildman–Crippen LogP) is 2.94. The molecule has 78 valence electrons. The average molecular weight is 200 g/mol. The van der Waals surface area contributed by atoms with E-state index in [1.54, 1.807) is 0 Å². The molecule has 0 bridgehead atoms. The van der Waals surface area contributed by atoms with Crippen molar-refractivity contribution in [2.45, 2.75) is 32.6 Å². The topological polar surface area (TPSA) is 41.8 Å². The number of fused-ring (bicyclic) bond motifs is 3. The van der Waals surface area contributed by atoms with Crippen LogP contribution in [0.1, 0.15) is 29.7 Å². The van der Waals surface area contributed by atoms with Crippen LogP contribution in [0.3, 0.4) is 0 Å². The monoisotopic (exact) mass is 200 g/mol. The molecule has 3 N–H and O–H groups in total. The highest BCUT2D eigenvalue weighted by molar-refractivity contribution is 5.91. The van der Waals surface area contributed by atoms with Crippen LogP contribution in [0.15, 0.2) is 12.1 Å². The summed E-state index contributed by atoms with van der Waals surface area (Å²) in [4.78, 5) is 3.53. The first-order chi connectivity index (χ1) is 7.27. The van der Waals surface area contributed by atoms with Gasteiger partial charge in [0.25, 0.3) is 0 Å². The van der Waals surface area contributed by atoms with Crippen LogP contribution in [-0.2, 0) is 12.8 Å². The minimum absolute atomic E-state index is 0.912. The third-order valence-corrected chi connectivity index (χ3v) is 3.56. The quantitative estimate of drug-likeness (QED) is 0.631. The van der Waals surface area contributed by atoms with Gasteiger partial charge < -0.3 is 10.7 Å². The van der Waals surface area contributed by atoms with Gasteiger partial charge in [-0.05, 0) is 55.9 Å². The summed E-state index contributed by atoms with van der Waals surface area (Å²) in [5.41, 5.74) is 12.3. The number of nitrogen functional groups attached to an aromatic ring is 1. The molecule has 15 heavy (non-hydrogen) atoms. The number of anilines is 1. The Labute approximate surface area is 89.5 Å². The maximum atomic E-state index is 5.96. The van der Waals surface area contributed by atoms with Gasteiger partial charge in [-0.2, -0.15) is 0 Å². The van der Waals surface area contributed by atoms with Crippen molar-refractivity contribution in [3.8, 4) is 0 Å². The molecule has 0 aliphatic heterocycles. The number of H-pyrrole nitrogens is 1. The molecule has 0 unspecified atom stereocenters. The van der Waals surface area contributed by atoms with Crippen LogP contribution in [0.5, 0.6) is 0 Å². The average Bonchev–Trinajstić information content (AvgIpc) is 2.62. The summed E-state index contributed by atoms with van der Waals surface area (Å²) in [5, 5.41) is 1.38. The van der Waals surface area contributed by atoms with Gasteiger partial charge in [-0.3, -0.25) is 0 Å². The number of nitrogens with two attached hydrogens (primary N) is 1. The summed E-state index contributed by atoms with van der Waals surface area (Å²) >= 11 is 0. The molecular formula is C13H16N2. The fourth-order valence-electron chi connectivity index (χ4n) is 2.70. The highest BCUT2D eigenvalue weighted by atomic mass is 14.7. The van der Waals surface area contributed by atoms with E-state index in [2.05, 4.69) is 18.0 Å². The number of aryl methyl sites for hydroxylation is 3. The van der Waals surface area contributed by atoms with Crippen molar-refractivity contribution in [3.05, 3.63) is 29.0 Å². The summed E-state index contributed by atoms with van der Waals surface area (Å²) in [6.45, 7) is 2.13. The number of aromatic nitrogens is 1. The van der Waals surface area contributed by atoms with E-state index < -0.39 is 0 Å². The van der Waals surface area contributed by atoms with Crippen LogP contribution in [0.25, 0.3) is 10.9 Å². The van der Waals surface area contributed by atoms with Crippen molar-refractivity contribution >= 4 is 16.6 Å². The fourth-order valence-corrected chi connectivity index (χ4v) is 2.70. The summed E-state index contributed by atoms with van der Waals surface area (Å²) in [5.74, 6) is 0. The van der Waals surface area contributed by atoms with Crippen molar-refractivity contribution in [1.82, 2.24) is 4.98 Å². The Morgan fingerprint density at radius 1 is 1.20 bits per heavy atom. The molecule has 0 fully saturated rings. The highest BCUT2D eigenvalue weighted by Crippen LogP contribution is 2.33. The second-order valence-corrected chi connectivity index (χ2v) is 4.49. The van der Waals surface area contributed by atoms with Gasteiger partial charge in [0.2, 0.25) is 0 Å². The van der Waals surface area contributed by atoms with E-state index in [9.17, 15) is 0 Å². The summed E-state index contributed by atoms with van der Waals surface area (Å²) in [7, 11) is 0. The maximum absolute atomic E-state index is 5.96. The lowest BCUT2D eigenvalue weighted by atomic mass is 9.94. The van der Waals surface area contributed by atoms with Crippen LogP contribution < -0.4 is 5.73 Å². The fraction of sp³-hybridized carbons (Fsp3) is 0.385. The number of hydrogen-bond donors (Lipinski definition) is 2. The molecule has 1 heterocycles. The van der Waals surface area contributed by atoms with E-state index in [0.717, 1.165) is 5.69 Å². The van der Waals surface area contributed by atoms with E-state index in [-0.39, 0.29) is 0 Å². The third kappa shape index (κ3) is 1.17. The number of rotatable bonds is 0. The molecule has 1 aliphatic rings. The van der Waals surface area contributed by atoms with Crippen LogP contribution in [0.4, 0.5) is 5.69 Å². The van der Waals surface area contributed by atoms with Crippen molar-refractivity contribution in [1.29, 1.82) is 0 Å². The molecule has 2 nitrogen and oxygen atoms in total. The Hall–Kier alpha value is -1.44. The lowest BCUT2D eigenvalue weighted by Crippen LogP contribution is -2.00. The Morgan fingerprint density at radius 3 is 2.87 bits per heavy atom. The smallest absolute Gasteiger partial charge is 0.0463 e. The molecule has 0 radical (unpaired) electrons. The van der Waals surface area contributed by atoms with Crippen molar-refractivity contribution in [2.24, 2.45) is 0 Å². The SMILES string of the molecule is Cc1c(N)ccc2[nH]c3c(c12)CCCC3. The molecule has 0 saturated heterocycles. The zero-order valence-electron chi connectivity index (χ0n) is 9.06. The second-order valence-electron chi connectivity index (χ2n) is 4.49. The van der Waals surface area contributed by atoms with E-state index in [0.29, 0.717) is 0 Å². The molecule has 2 aromatic rings. The van der Waals surface area contributed by atoms with Crippen molar-refractivity contribution < 1.29 is 0 Å². The first-order valence-corrected chi connectivity index (χ1v) is 5.66. The molecular weight excluding hydrogens is 184 g/mol. The number of hydrogen-bond acceptors (Lipinski definition) is 1. The Bertz CT molecular complexity index is 523. The lowest BCUT2D eigenvalue weighted by molar-refractivity contribution is 0.680. The lowest BCUT2D eigenvalue weighted by Gasteiger charge is -2.11. The van der Waals surface area contributed by atoms with Crippen LogP contribution in [0.2, 0.25) is 0 Å². The standard InChI is InChI=1S/C13H16N2/c1-8-10(14)6-7-12-13(8)9-4-2-3-5-11(9)15-12/h6-7,15H,2-5,14H2,1H3. The first kappa shape index (κ1) is 8.84. The van der Waals surface area contributed by atoms with Gasteiger partial charge in [0.1, 0.15) is 0 Å². The Kier molecular flexibility index (Phi) is 1.78. The molecule has 0 amide bonds. The third-order valence-electron chi connectivity index (χ3n) is 3.56. The van der Waals surface area contributed by atoms with Gasteiger partial charge in [0.15, 0.2) is 0 Å². The van der Waals surface area contributed by atoms with Crippen molar-refractivity contribution in [3.63, 3.8) is 0 Å². The predicted molar refractivity (Wildman–Crippen MR) is 64.1 cm³/mol. The second kappa shape index (κ2) is 3.02. The first-order valence-electron chi connectivity index (χ1n) is 5.66. The number of nitrogens with one attached hydrogen (secondary N) is 1. The van der Waals surface area contributed by atoms with Gasteiger partial charge in [0, 0.05) is 22.3 Å². The Morgan fingerprint density at radius 2 is 2.00 bits per heavy atom. The molecule has 1 aliphatic carbocycles. The molecule has 3 rings (SSSR count). The zero-order chi connectivity index (χ0) is 10.4. The normalized spacial score (nSPS) is 15.5. The number of benzene rings is 1. The van der Waals surface area contributed by atoms with Gasteiger partial charge in [0.05, 0.1) is 0 Å². The largest absolute Gasteiger partial charge is 0.398 e. The minimum Gasteiger partial charge on any atom is -0.398 e. The van der Waals surface area contributed by atoms with Gasteiger partial charge >= 0.3 is 0 Å². The molecule has 2 heteroatoms. The molecule has 1 aromatic carbocycles. The van der Waals surface area contributed by atoms with Crippen LogP contribution in [0, 0.1) is 6.92 Å². The van der Waals surface area contributed by atoms with E-state index >= 15 is 0 Å². The minimum atomic E-state index is 0.912. The Balaban J connectivity index is 2.39. The van der Waals surface area contributed by atoms with Gasteiger partial charge in [-0.15, -0.1) is 0 Å².